The van der Waals surface area contributed by atoms with Crippen molar-refractivity contribution in [2.45, 2.75) is 39.0 Å². The lowest BCUT2D eigenvalue weighted by atomic mass is 9.95. The maximum Gasteiger partial charge on any atom is 0.140 e. The largest absolute Gasteiger partial charge is 0.299 e. The predicted octanol–water partition coefficient (Wildman–Crippen LogP) is 3.62. The normalized spacial score (nSPS) is 24.6. The lowest BCUT2D eigenvalue weighted by Gasteiger charge is -2.09. The van der Waals surface area contributed by atoms with Crippen molar-refractivity contribution in [3.63, 3.8) is 0 Å². The topological polar surface area (TPSA) is 17.1 Å². The van der Waals surface area contributed by atoms with E-state index in [0.29, 0.717) is 18.1 Å². The molecule has 1 aliphatic rings. The molecule has 1 fully saturated rings. The first-order chi connectivity index (χ1) is 7.79. The smallest absolute Gasteiger partial charge is 0.140 e. The molecule has 0 radical (unpaired) electrons. The SMILES string of the molecule is CCC1CCC(C(=O)Cc2ccccc2)C1. The zero-order valence-electron chi connectivity index (χ0n) is 9.99. The highest BCUT2D eigenvalue weighted by Crippen LogP contribution is 2.33. The van der Waals surface area contributed by atoms with Gasteiger partial charge < -0.3 is 0 Å². The van der Waals surface area contributed by atoms with Crippen LogP contribution in [0.5, 0.6) is 0 Å². The summed E-state index contributed by atoms with van der Waals surface area (Å²) in [5, 5.41) is 0. The van der Waals surface area contributed by atoms with Crippen LogP contribution in [0.3, 0.4) is 0 Å². The minimum absolute atomic E-state index is 0.338. The van der Waals surface area contributed by atoms with Gasteiger partial charge in [-0.05, 0) is 30.7 Å². The van der Waals surface area contributed by atoms with E-state index in [1.165, 1.54) is 12.8 Å². The molecule has 0 amide bonds. The lowest BCUT2D eigenvalue weighted by Crippen LogP contribution is -2.14. The van der Waals surface area contributed by atoms with Crippen LogP contribution in [0.4, 0.5) is 0 Å². The fraction of sp³-hybridized carbons (Fsp3) is 0.533. The third kappa shape index (κ3) is 2.72. The molecule has 1 nitrogen and oxygen atoms in total. The molecule has 2 rings (SSSR count). The van der Waals surface area contributed by atoms with Crippen molar-refractivity contribution in [3.8, 4) is 0 Å². The van der Waals surface area contributed by atoms with E-state index < -0.39 is 0 Å². The van der Waals surface area contributed by atoms with Crippen LogP contribution in [-0.2, 0) is 11.2 Å². The Morgan fingerprint density at radius 2 is 2.00 bits per heavy atom. The number of Topliss-reactive ketones (excluding diaryl/α,β-unsaturated/α-hetero) is 1. The Morgan fingerprint density at radius 3 is 2.62 bits per heavy atom. The second kappa shape index (κ2) is 5.29. The van der Waals surface area contributed by atoms with E-state index in [4.69, 9.17) is 0 Å². The van der Waals surface area contributed by atoms with Crippen molar-refractivity contribution >= 4 is 5.78 Å². The van der Waals surface area contributed by atoms with Crippen LogP contribution in [0.25, 0.3) is 0 Å². The number of carbonyl (C=O) groups excluding carboxylic acids is 1. The van der Waals surface area contributed by atoms with Crippen molar-refractivity contribution in [3.05, 3.63) is 35.9 Å². The summed E-state index contributed by atoms with van der Waals surface area (Å²) in [5.74, 6) is 1.58. The molecule has 2 unspecified atom stereocenters. The number of hydrogen-bond acceptors (Lipinski definition) is 1. The van der Waals surface area contributed by atoms with Gasteiger partial charge in [-0.3, -0.25) is 4.79 Å². The van der Waals surface area contributed by atoms with E-state index in [-0.39, 0.29) is 0 Å². The first-order valence-electron chi connectivity index (χ1n) is 6.36. The molecule has 0 N–H and O–H groups in total. The number of benzene rings is 1. The summed E-state index contributed by atoms with van der Waals surface area (Å²) in [5.41, 5.74) is 1.16. The Morgan fingerprint density at radius 1 is 1.25 bits per heavy atom. The van der Waals surface area contributed by atoms with Gasteiger partial charge in [-0.15, -0.1) is 0 Å². The average Bonchev–Trinajstić information content (AvgIpc) is 2.79. The molecule has 0 saturated heterocycles. The summed E-state index contributed by atoms with van der Waals surface area (Å²) in [6, 6.07) is 10.1. The first kappa shape index (κ1) is 11.4. The van der Waals surface area contributed by atoms with Gasteiger partial charge in [0.1, 0.15) is 5.78 Å². The molecule has 1 aromatic rings. The Bertz CT molecular complexity index is 342. The van der Waals surface area contributed by atoms with Crippen molar-refractivity contribution in [2.24, 2.45) is 11.8 Å². The third-order valence-corrected chi connectivity index (χ3v) is 3.80. The molecule has 0 spiro atoms. The van der Waals surface area contributed by atoms with Crippen molar-refractivity contribution in [1.82, 2.24) is 0 Å². The van der Waals surface area contributed by atoms with E-state index in [1.54, 1.807) is 0 Å². The highest BCUT2D eigenvalue weighted by Gasteiger charge is 2.28. The Balaban J connectivity index is 1.90. The zero-order chi connectivity index (χ0) is 11.4. The number of carbonyl (C=O) groups is 1. The summed E-state index contributed by atoms with van der Waals surface area (Å²) >= 11 is 0. The van der Waals surface area contributed by atoms with E-state index in [2.05, 4.69) is 6.92 Å². The summed E-state index contributed by atoms with van der Waals surface area (Å²) in [6.07, 6.45) is 5.35. The average molecular weight is 216 g/mol. The highest BCUT2D eigenvalue weighted by atomic mass is 16.1. The molecular weight excluding hydrogens is 196 g/mol. The van der Waals surface area contributed by atoms with E-state index >= 15 is 0 Å². The third-order valence-electron chi connectivity index (χ3n) is 3.80. The summed E-state index contributed by atoms with van der Waals surface area (Å²) < 4.78 is 0. The predicted molar refractivity (Wildman–Crippen MR) is 66.3 cm³/mol. The minimum Gasteiger partial charge on any atom is -0.299 e. The molecular formula is C15H20O. The van der Waals surface area contributed by atoms with Crippen LogP contribution in [0, 0.1) is 11.8 Å². The second-order valence-corrected chi connectivity index (χ2v) is 4.91. The van der Waals surface area contributed by atoms with Gasteiger partial charge in [0.25, 0.3) is 0 Å². The van der Waals surface area contributed by atoms with E-state index in [1.807, 2.05) is 30.3 Å². The van der Waals surface area contributed by atoms with Gasteiger partial charge in [-0.2, -0.15) is 0 Å². The van der Waals surface area contributed by atoms with Crippen LogP contribution >= 0.6 is 0 Å². The molecule has 1 aliphatic carbocycles. The summed E-state index contributed by atoms with van der Waals surface area (Å²) in [6.45, 7) is 2.23. The van der Waals surface area contributed by atoms with Gasteiger partial charge >= 0.3 is 0 Å². The fourth-order valence-electron chi connectivity index (χ4n) is 2.68. The van der Waals surface area contributed by atoms with Gasteiger partial charge in [0.05, 0.1) is 0 Å². The van der Waals surface area contributed by atoms with Crippen LogP contribution in [0.15, 0.2) is 30.3 Å². The fourth-order valence-corrected chi connectivity index (χ4v) is 2.68. The monoisotopic (exact) mass is 216 g/mol. The Labute approximate surface area is 97.9 Å². The molecule has 1 aromatic carbocycles. The molecule has 0 bridgehead atoms. The van der Waals surface area contributed by atoms with E-state index in [0.717, 1.165) is 24.3 Å². The number of rotatable bonds is 4. The van der Waals surface area contributed by atoms with Gasteiger partial charge in [0.15, 0.2) is 0 Å². The van der Waals surface area contributed by atoms with Crippen molar-refractivity contribution in [2.75, 3.05) is 0 Å². The zero-order valence-corrected chi connectivity index (χ0v) is 9.99. The highest BCUT2D eigenvalue weighted by molar-refractivity contribution is 5.83. The number of hydrogen-bond donors (Lipinski definition) is 0. The van der Waals surface area contributed by atoms with E-state index in [9.17, 15) is 4.79 Å². The molecule has 1 saturated carbocycles. The summed E-state index contributed by atoms with van der Waals surface area (Å²) in [4.78, 5) is 12.1. The molecule has 0 aliphatic heterocycles. The van der Waals surface area contributed by atoms with Crippen molar-refractivity contribution in [1.29, 1.82) is 0 Å². The van der Waals surface area contributed by atoms with Gasteiger partial charge in [-0.25, -0.2) is 0 Å². The molecule has 0 heterocycles. The van der Waals surface area contributed by atoms with Crippen molar-refractivity contribution < 1.29 is 4.79 Å². The number of ketones is 1. The molecule has 2 atom stereocenters. The minimum atomic E-state index is 0.338. The van der Waals surface area contributed by atoms with Crippen LogP contribution in [0.2, 0.25) is 0 Å². The van der Waals surface area contributed by atoms with Crippen LogP contribution < -0.4 is 0 Å². The second-order valence-electron chi connectivity index (χ2n) is 4.91. The maximum atomic E-state index is 12.1. The first-order valence-corrected chi connectivity index (χ1v) is 6.36. The molecule has 1 heteroatoms. The standard InChI is InChI=1S/C15H20O/c1-2-12-8-9-14(10-12)15(16)11-13-6-4-3-5-7-13/h3-7,12,14H,2,8-11H2,1H3. The van der Waals surface area contributed by atoms with Gasteiger partial charge in [-0.1, -0.05) is 43.7 Å². The molecule has 0 aromatic heterocycles. The maximum absolute atomic E-state index is 12.1. The Kier molecular flexibility index (Phi) is 3.76. The van der Waals surface area contributed by atoms with Crippen LogP contribution in [0.1, 0.15) is 38.2 Å². The summed E-state index contributed by atoms with van der Waals surface area (Å²) in [7, 11) is 0. The Hall–Kier alpha value is -1.11. The van der Waals surface area contributed by atoms with Crippen LogP contribution in [-0.4, -0.2) is 5.78 Å². The van der Waals surface area contributed by atoms with Gasteiger partial charge in [0, 0.05) is 12.3 Å². The molecule has 16 heavy (non-hydrogen) atoms. The molecule has 86 valence electrons. The lowest BCUT2D eigenvalue weighted by molar-refractivity contribution is -0.122. The quantitative estimate of drug-likeness (QED) is 0.751. The van der Waals surface area contributed by atoms with Gasteiger partial charge in [0.2, 0.25) is 0 Å².